The van der Waals surface area contributed by atoms with Crippen LogP contribution in [0.15, 0.2) is 53.5 Å². The average molecular weight is 560 g/mol. The molecule has 0 spiro atoms. The molecule has 9 heteroatoms. The minimum Gasteiger partial charge on any atom is -0.357 e. The number of fused-ring (bicyclic) bond motifs is 1. The predicted molar refractivity (Wildman–Crippen MR) is 130 cm³/mol. The molecule has 0 aliphatic carbocycles. The second kappa shape index (κ2) is 12.1. The number of hydrogen-bond donors (Lipinski definition) is 2. The van der Waals surface area contributed by atoms with Crippen molar-refractivity contribution in [3.05, 3.63) is 70.8 Å². The SMILES string of the molecule is CCNC(=NCc1ccc(C(F)(F)F)cc1)NCCCC(=O)N1Cc2ccccc2C1.I. The van der Waals surface area contributed by atoms with Crippen LogP contribution in [0.25, 0.3) is 0 Å². The van der Waals surface area contributed by atoms with Crippen molar-refractivity contribution >= 4 is 35.8 Å². The van der Waals surface area contributed by atoms with Gasteiger partial charge in [0.2, 0.25) is 5.91 Å². The standard InChI is InChI=1S/C23H27F3N4O.HI/c1-2-27-22(29-14-17-9-11-20(12-10-17)23(24,25)26)28-13-5-8-21(31)30-15-18-6-3-4-7-19(18)16-30;/h3-4,6-7,9-12H,2,5,8,13-16H2,1H3,(H2,27,28,29);1H. The van der Waals surface area contributed by atoms with Crippen LogP contribution in [0.4, 0.5) is 13.2 Å². The van der Waals surface area contributed by atoms with Crippen LogP contribution in [0.5, 0.6) is 0 Å². The van der Waals surface area contributed by atoms with E-state index in [0.29, 0.717) is 50.5 Å². The molecule has 174 valence electrons. The smallest absolute Gasteiger partial charge is 0.357 e. The molecule has 0 radical (unpaired) electrons. The summed E-state index contributed by atoms with van der Waals surface area (Å²) in [4.78, 5) is 18.7. The Hall–Kier alpha value is -2.30. The number of benzene rings is 2. The third kappa shape index (κ3) is 7.39. The number of rotatable bonds is 7. The van der Waals surface area contributed by atoms with E-state index in [-0.39, 0.29) is 36.4 Å². The molecule has 3 rings (SSSR count). The second-order valence-electron chi connectivity index (χ2n) is 7.44. The van der Waals surface area contributed by atoms with Crippen molar-refractivity contribution in [2.75, 3.05) is 13.1 Å². The van der Waals surface area contributed by atoms with Crippen molar-refractivity contribution in [3.8, 4) is 0 Å². The first kappa shape index (κ1) is 26.0. The normalized spacial score (nSPS) is 13.4. The number of halogens is 4. The maximum absolute atomic E-state index is 12.7. The minimum absolute atomic E-state index is 0. The number of hydrogen-bond acceptors (Lipinski definition) is 2. The van der Waals surface area contributed by atoms with Crippen molar-refractivity contribution in [1.29, 1.82) is 0 Å². The molecular weight excluding hydrogens is 532 g/mol. The van der Waals surface area contributed by atoms with Crippen molar-refractivity contribution < 1.29 is 18.0 Å². The maximum atomic E-state index is 12.7. The van der Waals surface area contributed by atoms with E-state index in [0.717, 1.165) is 12.1 Å². The van der Waals surface area contributed by atoms with Crippen molar-refractivity contribution in [1.82, 2.24) is 15.5 Å². The summed E-state index contributed by atoms with van der Waals surface area (Å²) in [5.74, 6) is 0.702. The second-order valence-corrected chi connectivity index (χ2v) is 7.44. The highest BCUT2D eigenvalue weighted by atomic mass is 127. The van der Waals surface area contributed by atoms with Crippen LogP contribution in [0.3, 0.4) is 0 Å². The van der Waals surface area contributed by atoms with Crippen LogP contribution in [0, 0.1) is 0 Å². The van der Waals surface area contributed by atoms with Gasteiger partial charge in [-0.25, -0.2) is 4.99 Å². The number of alkyl halides is 3. The molecule has 0 fully saturated rings. The van der Waals surface area contributed by atoms with Gasteiger partial charge in [-0.15, -0.1) is 24.0 Å². The van der Waals surface area contributed by atoms with Crippen LogP contribution in [-0.4, -0.2) is 29.9 Å². The summed E-state index contributed by atoms with van der Waals surface area (Å²) in [5, 5.41) is 6.28. The third-order valence-corrected chi connectivity index (χ3v) is 5.10. The summed E-state index contributed by atoms with van der Waals surface area (Å²) < 4.78 is 38.0. The molecule has 2 aromatic carbocycles. The van der Waals surface area contributed by atoms with Gasteiger partial charge in [0.15, 0.2) is 5.96 Å². The number of carbonyl (C=O) groups excluding carboxylic acids is 1. The highest BCUT2D eigenvalue weighted by Gasteiger charge is 2.29. The lowest BCUT2D eigenvalue weighted by atomic mass is 10.1. The van der Waals surface area contributed by atoms with E-state index in [4.69, 9.17) is 0 Å². The zero-order valence-electron chi connectivity index (χ0n) is 17.9. The fraction of sp³-hybridized carbons (Fsp3) is 0.391. The molecule has 0 saturated heterocycles. The van der Waals surface area contributed by atoms with Gasteiger partial charge >= 0.3 is 6.18 Å². The summed E-state index contributed by atoms with van der Waals surface area (Å²) >= 11 is 0. The van der Waals surface area contributed by atoms with Crippen molar-refractivity contribution in [2.45, 2.75) is 45.6 Å². The molecule has 32 heavy (non-hydrogen) atoms. The largest absolute Gasteiger partial charge is 0.416 e. The first-order valence-corrected chi connectivity index (χ1v) is 10.4. The summed E-state index contributed by atoms with van der Waals surface area (Å²) in [7, 11) is 0. The Labute approximate surface area is 203 Å². The summed E-state index contributed by atoms with van der Waals surface area (Å²) in [6, 6.07) is 13.1. The van der Waals surface area contributed by atoms with Gasteiger partial charge in [-0.1, -0.05) is 36.4 Å². The molecule has 0 atom stereocenters. The minimum atomic E-state index is -4.34. The van der Waals surface area contributed by atoms with E-state index in [1.165, 1.54) is 23.3 Å². The first-order valence-electron chi connectivity index (χ1n) is 10.4. The third-order valence-electron chi connectivity index (χ3n) is 5.10. The predicted octanol–water partition coefficient (Wildman–Crippen LogP) is 4.70. The molecule has 5 nitrogen and oxygen atoms in total. The molecule has 2 N–H and O–H groups in total. The average Bonchev–Trinajstić information content (AvgIpc) is 3.19. The number of carbonyl (C=O) groups is 1. The van der Waals surface area contributed by atoms with E-state index in [1.807, 2.05) is 24.0 Å². The Balaban J connectivity index is 0.00000363. The first-order chi connectivity index (χ1) is 14.9. The topological polar surface area (TPSA) is 56.7 Å². The van der Waals surface area contributed by atoms with Crippen LogP contribution < -0.4 is 10.6 Å². The highest BCUT2D eigenvalue weighted by Crippen LogP contribution is 2.29. The summed E-state index contributed by atoms with van der Waals surface area (Å²) in [6.07, 6.45) is -3.23. The molecule has 0 unspecified atom stereocenters. The van der Waals surface area contributed by atoms with Crippen LogP contribution >= 0.6 is 24.0 Å². The van der Waals surface area contributed by atoms with E-state index in [1.54, 1.807) is 0 Å². The van der Waals surface area contributed by atoms with Gasteiger partial charge < -0.3 is 15.5 Å². The number of nitrogens with zero attached hydrogens (tertiary/aromatic N) is 2. The molecule has 0 saturated carbocycles. The van der Waals surface area contributed by atoms with E-state index in [9.17, 15) is 18.0 Å². The van der Waals surface area contributed by atoms with Gasteiger partial charge in [-0.2, -0.15) is 13.2 Å². The molecule has 1 amide bonds. The molecular formula is C23H28F3IN4O. The van der Waals surface area contributed by atoms with Gasteiger partial charge in [-0.3, -0.25) is 4.79 Å². The van der Waals surface area contributed by atoms with E-state index >= 15 is 0 Å². The highest BCUT2D eigenvalue weighted by molar-refractivity contribution is 14.0. The molecule has 1 heterocycles. The Morgan fingerprint density at radius 1 is 1.03 bits per heavy atom. The summed E-state index contributed by atoms with van der Waals surface area (Å²) in [6.45, 7) is 4.76. The zero-order valence-corrected chi connectivity index (χ0v) is 20.2. The number of aliphatic imine (C=N–C) groups is 1. The quantitative estimate of drug-likeness (QED) is 0.224. The fourth-order valence-electron chi connectivity index (χ4n) is 3.43. The number of guanidine groups is 1. The lowest BCUT2D eigenvalue weighted by molar-refractivity contribution is -0.137. The fourth-order valence-corrected chi connectivity index (χ4v) is 3.43. The van der Waals surface area contributed by atoms with Crippen LogP contribution in [0.2, 0.25) is 0 Å². The zero-order chi connectivity index (χ0) is 22.3. The Morgan fingerprint density at radius 3 is 2.22 bits per heavy atom. The van der Waals surface area contributed by atoms with Crippen LogP contribution in [0.1, 0.15) is 42.0 Å². The lowest BCUT2D eigenvalue weighted by Gasteiger charge is -2.16. The lowest BCUT2D eigenvalue weighted by Crippen LogP contribution is -2.38. The van der Waals surface area contributed by atoms with Gasteiger partial charge in [0.05, 0.1) is 12.1 Å². The van der Waals surface area contributed by atoms with Gasteiger partial charge in [0.1, 0.15) is 0 Å². The Morgan fingerprint density at radius 2 is 1.66 bits per heavy atom. The monoisotopic (exact) mass is 560 g/mol. The van der Waals surface area contributed by atoms with E-state index in [2.05, 4.69) is 27.8 Å². The molecule has 2 aromatic rings. The van der Waals surface area contributed by atoms with Gasteiger partial charge in [-0.05, 0) is 42.2 Å². The molecule has 1 aliphatic heterocycles. The molecule has 0 bridgehead atoms. The maximum Gasteiger partial charge on any atom is 0.416 e. The van der Waals surface area contributed by atoms with Crippen molar-refractivity contribution in [2.24, 2.45) is 4.99 Å². The van der Waals surface area contributed by atoms with Crippen molar-refractivity contribution in [3.63, 3.8) is 0 Å². The van der Waals surface area contributed by atoms with E-state index < -0.39 is 11.7 Å². The molecule has 1 aliphatic rings. The number of nitrogens with one attached hydrogen (secondary N) is 2. The van der Waals surface area contributed by atoms with Crippen LogP contribution in [-0.2, 0) is 30.6 Å². The Kier molecular flexibility index (Phi) is 9.80. The van der Waals surface area contributed by atoms with Gasteiger partial charge in [0, 0.05) is 32.6 Å². The Bertz CT molecular complexity index is 891. The summed E-state index contributed by atoms with van der Waals surface area (Å²) in [5.41, 5.74) is 2.43. The molecule has 0 aromatic heterocycles. The number of amides is 1. The van der Waals surface area contributed by atoms with Gasteiger partial charge in [0.25, 0.3) is 0 Å².